The van der Waals surface area contributed by atoms with Crippen molar-refractivity contribution < 1.29 is 14.3 Å². The van der Waals surface area contributed by atoms with Gasteiger partial charge in [0.1, 0.15) is 11.4 Å². The van der Waals surface area contributed by atoms with Gasteiger partial charge < -0.3 is 19.5 Å². The van der Waals surface area contributed by atoms with Crippen LogP contribution < -0.4 is 10.1 Å². The third-order valence-electron chi connectivity index (χ3n) is 8.74. The number of rotatable bonds is 6. The third-order valence-corrected chi connectivity index (χ3v) is 9.00. The van der Waals surface area contributed by atoms with E-state index in [4.69, 9.17) is 16.3 Å². The Kier molecular flexibility index (Phi) is 7.76. The lowest BCUT2D eigenvalue weighted by atomic mass is 9.83. The molecule has 1 aliphatic heterocycles. The molecule has 1 aliphatic carbocycles. The molecule has 3 aromatic carbocycles. The molecule has 2 amide bonds. The van der Waals surface area contributed by atoms with E-state index in [2.05, 4.69) is 5.32 Å². The van der Waals surface area contributed by atoms with E-state index in [1.54, 1.807) is 12.0 Å². The minimum atomic E-state index is -1.26. The molecule has 1 N–H and O–H groups in total. The molecule has 6 nitrogen and oxygen atoms in total. The monoisotopic (exact) mass is 569 g/mol. The zero-order valence-electron chi connectivity index (χ0n) is 23.4. The number of methoxy groups -OCH3 is 1. The van der Waals surface area contributed by atoms with Gasteiger partial charge in [-0.15, -0.1) is 0 Å². The van der Waals surface area contributed by atoms with Crippen LogP contribution in [0, 0.1) is 0 Å². The molecule has 1 atom stereocenters. The number of fused-ring (bicyclic) bond motifs is 3. The number of amides is 2. The Morgan fingerprint density at radius 1 is 0.951 bits per heavy atom. The molecule has 4 aromatic rings. The molecule has 1 saturated carbocycles. The lowest BCUT2D eigenvalue weighted by molar-refractivity contribution is -0.136. The van der Waals surface area contributed by atoms with Crippen LogP contribution >= 0.6 is 11.6 Å². The van der Waals surface area contributed by atoms with Crippen LogP contribution in [0.4, 0.5) is 0 Å². The Labute approximate surface area is 246 Å². The molecular weight excluding hydrogens is 534 g/mol. The summed E-state index contributed by atoms with van der Waals surface area (Å²) >= 11 is 6.20. The summed E-state index contributed by atoms with van der Waals surface area (Å²) in [7, 11) is 1.64. The number of ether oxygens (including phenoxy) is 1. The van der Waals surface area contributed by atoms with E-state index in [0.29, 0.717) is 23.0 Å². The number of hydrogen-bond donors (Lipinski definition) is 1. The summed E-state index contributed by atoms with van der Waals surface area (Å²) in [6.07, 6.45) is 7.75. The quantitative estimate of drug-likeness (QED) is 0.270. The van der Waals surface area contributed by atoms with Crippen molar-refractivity contribution in [1.29, 1.82) is 0 Å². The number of carbonyl (C=O) groups excluding carboxylic acids is 2. The molecule has 1 fully saturated rings. The van der Waals surface area contributed by atoms with E-state index in [-0.39, 0.29) is 24.4 Å². The summed E-state index contributed by atoms with van der Waals surface area (Å²) in [5.41, 5.74) is 1.88. The standard InChI is InChI=1S/C34H36ClN3O3/c1-41-29-19-16-25-20-31-32(39)38(22-24-14-17-27(35)18-15-24)34(23-37(31)30(25)21-29,26-10-6-5-7-11-26)33(40)36-28-12-8-3-2-4-9-13-28/h5-7,10-11,14-21,28H,2-4,8-9,12-13,22-23H2,1H3,(H,36,40). The summed E-state index contributed by atoms with van der Waals surface area (Å²) in [6.45, 7) is 0.564. The zero-order chi connectivity index (χ0) is 28.4. The number of carbonyl (C=O) groups is 2. The molecule has 1 unspecified atom stereocenters. The van der Waals surface area contributed by atoms with E-state index in [9.17, 15) is 9.59 Å². The van der Waals surface area contributed by atoms with E-state index in [1.165, 1.54) is 19.3 Å². The fourth-order valence-electron chi connectivity index (χ4n) is 6.51. The highest BCUT2D eigenvalue weighted by Crippen LogP contribution is 2.41. The largest absolute Gasteiger partial charge is 0.497 e. The average Bonchev–Trinajstić information content (AvgIpc) is 3.35. The number of halogens is 1. The minimum Gasteiger partial charge on any atom is -0.497 e. The second-order valence-electron chi connectivity index (χ2n) is 11.3. The lowest BCUT2D eigenvalue weighted by Crippen LogP contribution is -2.64. The maximum Gasteiger partial charge on any atom is 0.272 e. The first kappa shape index (κ1) is 27.4. The van der Waals surface area contributed by atoms with Crippen molar-refractivity contribution in [1.82, 2.24) is 14.8 Å². The second-order valence-corrected chi connectivity index (χ2v) is 11.7. The molecule has 212 valence electrons. The fourth-order valence-corrected chi connectivity index (χ4v) is 6.63. The highest BCUT2D eigenvalue weighted by molar-refractivity contribution is 6.30. The topological polar surface area (TPSA) is 63.6 Å². The van der Waals surface area contributed by atoms with Crippen LogP contribution in [0.1, 0.15) is 66.6 Å². The van der Waals surface area contributed by atoms with Crippen LogP contribution in [0.3, 0.4) is 0 Å². The Morgan fingerprint density at radius 3 is 2.37 bits per heavy atom. The number of benzene rings is 3. The van der Waals surface area contributed by atoms with Gasteiger partial charge in [0.2, 0.25) is 0 Å². The molecule has 0 radical (unpaired) electrons. The molecule has 41 heavy (non-hydrogen) atoms. The molecule has 6 rings (SSSR count). The van der Waals surface area contributed by atoms with Gasteiger partial charge in [-0.2, -0.15) is 0 Å². The predicted molar refractivity (Wildman–Crippen MR) is 162 cm³/mol. The molecule has 2 aliphatic rings. The maximum absolute atomic E-state index is 14.8. The minimum absolute atomic E-state index is 0.0822. The van der Waals surface area contributed by atoms with Gasteiger partial charge in [-0.05, 0) is 54.3 Å². The first-order valence-corrected chi connectivity index (χ1v) is 15.0. The summed E-state index contributed by atoms with van der Waals surface area (Å²) in [5, 5.41) is 5.01. The van der Waals surface area contributed by atoms with Gasteiger partial charge in [0.25, 0.3) is 11.8 Å². The van der Waals surface area contributed by atoms with Crippen LogP contribution in [0.25, 0.3) is 10.9 Å². The van der Waals surface area contributed by atoms with Gasteiger partial charge in [-0.3, -0.25) is 9.59 Å². The van der Waals surface area contributed by atoms with Gasteiger partial charge in [-0.25, -0.2) is 0 Å². The van der Waals surface area contributed by atoms with Crippen LogP contribution in [0.2, 0.25) is 5.02 Å². The fraction of sp³-hybridized carbons (Fsp3) is 0.353. The summed E-state index contributed by atoms with van der Waals surface area (Å²) < 4.78 is 7.53. The van der Waals surface area contributed by atoms with Crippen molar-refractivity contribution >= 4 is 34.3 Å². The van der Waals surface area contributed by atoms with Gasteiger partial charge in [0, 0.05) is 29.1 Å². The van der Waals surface area contributed by atoms with Crippen LogP contribution in [-0.4, -0.2) is 34.4 Å². The van der Waals surface area contributed by atoms with E-state index < -0.39 is 5.54 Å². The van der Waals surface area contributed by atoms with E-state index >= 15 is 0 Å². The van der Waals surface area contributed by atoms with Crippen LogP contribution in [-0.2, 0) is 23.4 Å². The van der Waals surface area contributed by atoms with Crippen LogP contribution in [0.15, 0.2) is 78.9 Å². The van der Waals surface area contributed by atoms with Crippen molar-refractivity contribution in [2.24, 2.45) is 0 Å². The Hall–Kier alpha value is -3.77. The van der Waals surface area contributed by atoms with Gasteiger partial charge in [0.05, 0.1) is 19.2 Å². The SMILES string of the molecule is COc1ccc2cc3n(c2c1)CC(C(=O)NC1CCCCCCC1)(c1ccccc1)N(Cc1ccc(Cl)cc1)C3=O. The van der Waals surface area contributed by atoms with Crippen molar-refractivity contribution in [2.75, 3.05) is 7.11 Å². The average molecular weight is 570 g/mol. The predicted octanol–water partition coefficient (Wildman–Crippen LogP) is 7.08. The van der Waals surface area contributed by atoms with E-state index in [1.807, 2.05) is 83.4 Å². The van der Waals surface area contributed by atoms with Crippen molar-refractivity contribution in [3.8, 4) is 5.75 Å². The first-order chi connectivity index (χ1) is 20.0. The van der Waals surface area contributed by atoms with Crippen LogP contribution in [0.5, 0.6) is 5.75 Å². The number of nitrogens with one attached hydrogen (secondary N) is 1. The molecule has 0 saturated heterocycles. The summed E-state index contributed by atoms with van der Waals surface area (Å²) in [5.74, 6) is 0.392. The highest BCUT2D eigenvalue weighted by Gasteiger charge is 2.52. The van der Waals surface area contributed by atoms with Crippen molar-refractivity contribution in [3.63, 3.8) is 0 Å². The van der Waals surface area contributed by atoms with Gasteiger partial charge >= 0.3 is 0 Å². The molecule has 2 heterocycles. The first-order valence-electron chi connectivity index (χ1n) is 14.6. The Morgan fingerprint density at radius 2 is 1.66 bits per heavy atom. The molecular formula is C34H36ClN3O3. The number of nitrogens with zero attached hydrogens (tertiary/aromatic N) is 2. The zero-order valence-corrected chi connectivity index (χ0v) is 24.2. The smallest absolute Gasteiger partial charge is 0.272 e. The summed E-state index contributed by atoms with van der Waals surface area (Å²) in [6, 6.07) is 25.1. The molecule has 0 spiro atoms. The highest BCUT2D eigenvalue weighted by atomic mass is 35.5. The van der Waals surface area contributed by atoms with Gasteiger partial charge in [-0.1, -0.05) is 86.2 Å². The lowest BCUT2D eigenvalue weighted by Gasteiger charge is -2.47. The van der Waals surface area contributed by atoms with Gasteiger partial charge in [0.15, 0.2) is 5.54 Å². The molecule has 1 aromatic heterocycles. The van der Waals surface area contributed by atoms with E-state index in [0.717, 1.165) is 47.7 Å². The maximum atomic E-state index is 14.8. The third kappa shape index (κ3) is 5.21. The van der Waals surface area contributed by atoms with Crippen molar-refractivity contribution in [2.45, 2.75) is 69.6 Å². The Balaban J connectivity index is 1.52. The molecule has 7 heteroatoms. The number of hydrogen-bond acceptors (Lipinski definition) is 3. The molecule has 0 bridgehead atoms. The number of aromatic nitrogens is 1. The second kappa shape index (κ2) is 11.6. The Bertz CT molecular complexity index is 1540. The summed E-state index contributed by atoms with van der Waals surface area (Å²) in [4.78, 5) is 31.2. The van der Waals surface area contributed by atoms with Crippen molar-refractivity contribution in [3.05, 3.63) is 101 Å². The normalized spacial score (nSPS) is 19.9.